The van der Waals surface area contributed by atoms with Gasteiger partial charge in [-0.25, -0.2) is 9.97 Å². The third-order valence-electron chi connectivity index (χ3n) is 10.9. The van der Waals surface area contributed by atoms with Gasteiger partial charge in [0.2, 0.25) is 0 Å². The first-order valence-corrected chi connectivity index (χ1v) is 21.1. The van der Waals surface area contributed by atoms with Crippen LogP contribution in [0.1, 0.15) is 20.7 Å². The van der Waals surface area contributed by atoms with Gasteiger partial charge in [-0.05, 0) is 48.0 Å². The van der Waals surface area contributed by atoms with Crippen LogP contribution in [0.3, 0.4) is 0 Å². The van der Waals surface area contributed by atoms with Gasteiger partial charge in [-0.15, -0.1) is 22.7 Å². The van der Waals surface area contributed by atoms with Crippen LogP contribution < -0.4 is 20.9 Å². The van der Waals surface area contributed by atoms with Crippen LogP contribution >= 0.6 is 22.7 Å². The molecule has 0 atom stereocenters. The van der Waals surface area contributed by atoms with E-state index < -0.39 is 0 Å². The van der Waals surface area contributed by atoms with E-state index in [1.54, 1.807) is 47.7 Å². The molecule has 17 heteroatoms. The molecule has 0 bridgehead atoms. The summed E-state index contributed by atoms with van der Waals surface area (Å²) in [5, 5.41) is 3.44. The van der Waals surface area contributed by atoms with E-state index in [4.69, 9.17) is 4.98 Å². The van der Waals surface area contributed by atoms with Crippen LogP contribution in [-0.2, 0) is 0 Å². The van der Waals surface area contributed by atoms with Crippen molar-refractivity contribution in [1.82, 2.24) is 44.7 Å². The van der Waals surface area contributed by atoms with Gasteiger partial charge < -0.3 is 29.6 Å². The van der Waals surface area contributed by atoms with Gasteiger partial charge >= 0.3 is 0 Å². The Hall–Kier alpha value is -7.11. The summed E-state index contributed by atoms with van der Waals surface area (Å²) in [6.07, 6.45) is 6.91. The van der Waals surface area contributed by atoms with Crippen LogP contribution in [0, 0.1) is 0 Å². The first-order valence-electron chi connectivity index (χ1n) is 19.4. The number of amides is 2. The van der Waals surface area contributed by atoms with Crippen molar-refractivity contribution in [3.05, 3.63) is 134 Å². The van der Waals surface area contributed by atoms with Crippen LogP contribution in [-0.4, -0.2) is 109 Å². The number of pyridine rings is 3. The van der Waals surface area contributed by atoms with E-state index in [2.05, 4.69) is 51.8 Å². The minimum Gasteiger partial charge on any atom is -0.368 e. The molecule has 2 aliphatic rings. The van der Waals surface area contributed by atoms with Crippen molar-refractivity contribution < 1.29 is 9.59 Å². The molecule has 2 aliphatic heterocycles. The van der Waals surface area contributed by atoms with Crippen molar-refractivity contribution in [3.8, 4) is 34.2 Å². The highest BCUT2D eigenvalue weighted by atomic mass is 32.1. The Labute approximate surface area is 349 Å². The highest BCUT2D eigenvalue weighted by Crippen LogP contribution is 2.30. The van der Waals surface area contributed by atoms with Gasteiger partial charge in [-0.2, -0.15) is 0 Å². The monoisotopic (exact) mass is 833 g/mol. The Kier molecular flexibility index (Phi) is 9.65. The molecule has 7 aromatic heterocycles. The summed E-state index contributed by atoms with van der Waals surface area (Å²) in [6.45, 7) is 4.75. The van der Waals surface area contributed by atoms with Crippen molar-refractivity contribution in [1.29, 1.82) is 0 Å². The lowest BCUT2D eigenvalue weighted by Crippen LogP contribution is -2.48. The molecule has 1 aromatic carbocycles. The lowest BCUT2D eigenvalue weighted by molar-refractivity contribution is 0.0741. The molecule has 15 nitrogen and oxygen atoms in total. The van der Waals surface area contributed by atoms with Gasteiger partial charge in [0, 0.05) is 105 Å². The zero-order valence-corrected chi connectivity index (χ0v) is 33.6. The average molecular weight is 834 g/mol. The van der Waals surface area contributed by atoms with Crippen LogP contribution in [0.5, 0.6) is 0 Å². The lowest BCUT2D eigenvalue weighted by atomic mass is 10.1. The van der Waals surface area contributed by atoms with Crippen molar-refractivity contribution in [2.75, 3.05) is 62.2 Å². The Balaban J connectivity index is 0.815. The molecule has 2 N–H and O–H groups in total. The van der Waals surface area contributed by atoms with E-state index in [-0.39, 0.29) is 22.9 Å². The normalized spacial score (nSPS) is 14.6. The predicted molar refractivity (Wildman–Crippen MR) is 233 cm³/mol. The molecule has 2 fully saturated rings. The number of rotatable bonds is 7. The fourth-order valence-electron chi connectivity index (χ4n) is 7.72. The Bertz CT molecular complexity index is 3010. The number of fused-ring (bicyclic) bond motifs is 2. The summed E-state index contributed by atoms with van der Waals surface area (Å²) in [5.41, 5.74) is 5.94. The highest BCUT2D eigenvalue weighted by molar-refractivity contribution is 7.17. The van der Waals surface area contributed by atoms with Gasteiger partial charge in [0.15, 0.2) is 11.6 Å². The van der Waals surface area contributed by atoms with E-state index in [1.165, 1.54) is 22.7 Å². The second kappa shape index (κ2) is 15.6. The minimum atomic E-state index is -0.313. The van der Waals surface area contributed by atoms with Crippen molar-refractivity contribution >= 4 is 66.3 Å². The quantitative estimate of drug-likeness (QED) is 0.211. The number of thiophene rings is 2. The molecule has 2 saturated heterocycles. The summed E-state index contributed by atoms with van der Waals surface area (Å²) >= 11 is 2.43. The molecule has 9 heterocycles. The van der Waals surface area contributed by atoms with Gasteiger partial charge in [0.1, 0.15) is 31.8 Å². The van der Waals surface area contributed by atoms with Gasteiger partial charge in [0.25, 0.3) is 22.9 Å². The summed E-state index contributed by atoms with van der Waals surface area (Å²) < 4.78 is 0.813. The number of carbonyl (C=O) groups is 2. The third kappa shape index (κ3) is 6.96. The molecule has 10 rings (SSSR count). The zero-order valence-electron chi connectivity index (χ0n) is 31.9. The number of nitrogens with zero attached hydrogens (tertiary/aromatic N) is 9. The third-order valence-corrected chi connectivity index (χ3v) is 12.9. The number of H-pyrrole nitrogens is 2. The zero-order chi connectivity index (χ0) is 40.7. The predicted octanol–water partition coefficient (Wildman–Crippen LogP) is 5.39. The van der Waals surface area contributed by atoms with Gasteiger partial charge in [-0.3, -0.25) is 34.1 Å². The topological polar surface area (TPSA) is 177 Å². The number of benzene rings is 1. The molecule has 0 spiro atoms. The molecular weight excluding hydrogens is 799 g/mol. The van der Waals surface area contributed by atoms with E-state index >= 15 is 0 Å². The average Bonchev–Trinajstić information content (AvgIpc) is 3.95. The van der Waals surface area contributed by atoms with E-state index in [0.717, 1.165) is 22.5 Å². The fraction of sp³-hybridized carbons (Fsp3) is 0.186. The lowest BCUT2D eigenvalue weighted by Gasteiger charge is -2.36. The molecule has 2 amide bonds. The van der Waals surface area contributed by atoms with Gasteiger partial charge in [0.05, 0.1) is 11.1 Å². The molecular formula is C43H35N11O4S2. The molecule has 60 heavy (non-hydrogen) atoms. The van der Waals surface area contributed by atoms with Crippen molar-refractivity contribution in [2.45, 2.75) is 0 Å². The molecule has 0 aliphatic carbocycles. The molecule has 0 unspecified atom stereocenters. The number of hydrogen-bond donors (Lipinski definition) is 2. The van der Waals surface area contributed by atoms with Gasteiger partial charge in [-0.1, -0.05) is 24.3 Å². The van der Waals surface area contributed by atoms with Crippen molar-refractivity contribution in [3.63, 3.8) is 0 Å². The maximum atomic E-state index is 13.8. The molecule has 0 radical (unpaired) electrons. The number of hydrogen-bond acceptors (Lipinski definition) is 13. The standard InChI is InChI=1S/C43H35N11O4S2/c55-40-36-34(47-38(49-40)32-6-1-2-11-45-32)30(24-59-36)43(58)54-20-16-52(17-21-54)29-5-3-4-26(22-29)27-7-8-33(46-23-27)39-48-35-31(25-60-37(35)41(56)50-39)42(57)53-18-14-51(15-19-53)28-9-12-44-13-10-28/h1-13,22-25H,14-21H2,(H,47,49,55)(H,48,50,56). The number of aromatic amines is 2. The fourth-order valence-corrected chi connectivity index (χ4v) is 9.47. The van der Waals surface area contributed by atoms with E-state index in [0.29, 0.717) is 107 Å². The maximum absolute atomic E-state index is 13.8. The number of aromatic nitrogens is 7. The second-order valence-electron chi connectivity index (χ2n) is 14.4. The Morgan fingerprint density at radius 1 is 0.567 bits per heavy atom. The molecule has 0 saturated carbocycles. The number of piperazine rings is 2. The number of carbonyl (C=O) groups excluding carboxylic acids is 2. The Morgan fingerprint density at radius 3 is 1.70 bits per heavy atom. The second-order valence-corrected chi connectivity index (χ2v) is 16.2. The SMILES string of the molecule is O=C(c1csc2c(=O)[nH]c(-c3ccc(-c4cccc(N5CCN(C(=O)c6csc7c(=O)[nH]c(-c8ccccn8)nc67)CC5)c4)cn3)nc12)N1CCN(c2ccncc2)CC1. The summed E-state index contributed by atoms with van der Waals surface area (Å²) in [6, 6.07) is 21.2. The summed E-state index contributed by atoms with van der Waals surface area (Å²) in [7, 11) is 0. The van der Waals surface area contributed by atoms with E-state index in [9.17, 15) is 19.2 Å². The van der Waals surface area contributed by atoms with Crippen molar-refractivity contribution in [2.24, 2.45) is 0 Å². The first kappa shape index (κ1) is 37.2. The minimum absolute atomic E-state index is 0.141. The van der Waals surface area contributed by atoms with Crippen LogP contribution in [0.2, 0.25) is 0 Å². The van der Waals surface area contributed by atoms with E-state index in [1.807, 2.05) is 52.3 Å². The first-order chi connectivity index (χ1) is 29.4. The maximum Gasteiger partial charge on any atom is 0.269 e. The smallest absolute Gasteiger partial charge is 0.269 e. The summed E-state index contributed by atoms with van der Waals surface area (Å²) in [5.74, 6) is 0.324. The molecule has 298 valence electrons. The number of nitrogens with one attached hydrogen (secondary N) is 2. The highest BCUT2D eigenvalue weighted by Gasteiger charge is 2.28. The molecule has 8 aromatic rings. The largest absolute Gasteiger partial charge is 0.368 e. The summed E-state index contributed by atoms with van der Waals surface area (Å²) in [4.78, 5) is 89.8. The van der Waals surface area contributed by atoms with Crippen LogP contribution in [0.25, 0.3) is 54.6 Å². The van der Waals surface area contributed by atoms with Crippen LogP contribution in [0.4, 0.5) is 11.4 Å². The Morgan fingerprint density at radius 2 is 1.15 bits per heavy atom. The number of anilines is 2. The van der Waals surface area contributed by atoms with Crippen LogP contribution in [0.15, 0.2) is 112 Å².